The molecule has 0 radical (unpaired) electrons. The summed E-state index contributed by atoms with van der Waals surface area (Å²) in [5, 5.41) is 7.93. The first-order chi connectivity index (χ1) is 17.5. The molecular formula is C27H22FN5O3. The Hall–Kier alpha value is -4.79. The molecule has 0 saturated heterocycles. The Labute approximate surface area is 204 Å². The zero-order valence-electron chi connectivity index (χ0n) is 19.1. The quantitative estimate of drug-likeness (QED) is 0.371. The summed E-state index contributed by atoms with van der Waals surface area (Å²) in [6.07, 6.45) is 1.86. The number of hydrogen-bond acceptors (Lipinski definition) is 4. The lowest BCUT2D eigenvalue weighted by Gasteiger charge is -2.10. The fraction of sp³-hybridized carbons (Fsp3) is 0.111. The average molecular weight is 484 g/mol. The van der Waals surface area contributed by atoms with E-state index in [1.54, 1.807) is 41.1 Å². The van der Waals surface area contributed by atoms with Crippen molar-refractivity contribution in [3.05, 3.63) is 117 Å². The Morgan fingerprint density at radius 1 is 0.944 bits per heavy atom. The highest BCUT2D eigenvalue weighted by atomic mass is 19.1. The summed E-state index contributed by atoms with van der Waals surface area (Å²) in [5.41, 5.74) is 2.41. The maximum Gasteiger partial charge on any atom is 0.328 e. The van der Waals surface area contributed by atoms with E-state index in [-0.39, 0.29) is 31.2 Å². The van der Waals surface area contributed by atoms with Crippen LogP contribution in [0.2, 0.25) is 0 Å². The van der Waals surface area contributed by atoms with Crippen LogP contribution in [0.1, 0.15) is 12.0 Å². The minimum absolute atomic E-state index is 0.0364. The summed E-state index contributed by atoms with van der Waals surface area (Å²) >= 11 is 0. The van der Waals surface area contributed by atoms with Crippen molar-refractivity contribution < 1.29 is 9.18 Å². The maximum atomic E-state index is 13.5. The molecule has 5 rings (SSSR count). The number of hydrogen-bond donors (Lipinski definition) is 2. The molecule has 2 N–H and O–H groups in total. The van der Waals surface area contributed by atoms with Gasteiger partial charge in [-0.15, -0.1) is 0 Å². The molecule has 36 heavy (non-hydrogen) atoms. The van der Waals surface area contributed by atoms with E-state index in [9.17, 15) is 18.8 Å². The van der Waals surface area contributed by atoms with Crippen LogP contribution in [0.25, 0.3) is 27.8 Å². The van der Waals surface area contributed by atoms with Gasteiger partial charge in [0, 0.05) is 36.8 Å². The normalized spacial score (nSPS) is 11.0. The average Bonchev–Trinajstić information content (AvgIpc) is 3.32. The van der Waals surface area contributed by atoms with Crippen LogP contribution in [0.4, 0.5) is 4.39 Å². The number of amides is 1. The third-order valence-corrected chi connectivity index (χ3v) is 5.87. The zero-order valence-corrected chi connectivity index (χ0v) is 19.1. The number of benzene rings is 3. The van der Waals surface area contributed by atoms with E-state index in [1.165, 1.54) is 16.7 Å². The van der Waals surface area contributed by atoms with Gasteiger partial charge in [0.1, 0.15) is 5.82 Å². The van der Waals surface area contributed by atoms with Gasteiger partial charge in [0.15, 0.2) is 0 Å². The van der Waals surface area contributed by atoms with Gasteiger partial charge in [-0.25, -0.2) is 13.9 Å². The molecule has 180 valence electrons. The van der Waals surface area contributed by atoms with Crippen LogP contribution >= 0.6 is 0 Å². The van der Waals surface area contributed by atoms with Gasteiger partial charge in [-0.3, -0.25) is 19.1 Å². The molecule has 2 heterocycles. The fourth-order valence-corrected chi connectivity index (χ4v) is 4.06. The van der Waals surface area contributed by atoms with Crippen LogP contribution in [0, 0.1) is 5.82 Å². The number of aromatic nitrogens is 4. The highest BCUT2D eigenvalue weighted by molar-refractivity contribution is 5.79. The molecule has 3 aromatic carbocycles. The molecule has 0 aliphatic carbocycles. The van der Waals surface area contributed by atoms with E-state index in [4.69, 9.17) is 0 Å². The number of carbonyl (C=O) groups is 1. The molecule has 0 saturated carbocycles. The first-order valence-electron chi connectivity index (χ1n) is 11.4. The Balaban J connectivity index is 1.35. The van der Waals surface area contributed by atoms with Crippen molar-refractivity contribution in [2.75, 3.05) is 0 Å². The molecular weight excluding hydrogens is 461 g/mol. The van der Waals surface area contributed by atoms with Crippen molar-refractivity contribution >= 4 is 16.8 Å². The number of nitrogens with one attached hydrogen (secondary N) is 2. The molecule has 0 fully saturated rings. The predicted molar refractivity (Wildman–Crippen MR) is 134 cm³/mol. The summed E-state index contributed by atoms with van der Waals surface area (Å²) in [7, 11) is 0. The Kier molecular flexibility index (Phi) is 6.27. The number of para-hydroxylation sites is 2. The first-order valence-corrected chi connectivity index (χ1v) is 11.4. The highest BCUT2D eigenvalue weighted by Crippen LogP contribution is 2.24. The number of aryl methyl sites for hydroxylation is 1. The zero-order chi connectivity index (χ0) is 25.1. The SMILES string of the molecule is O=C(CCn1c(=O)[nH]c(=O)c2ccccc21)NCc1cn(-c2ccccc2)nc1-c1ccc(F)cc1. The minimum Gasteiger partial charge on any atom is -0.352 e. The third-order valence-electron chi connectivity index (χ3n) is 5.87. The van der Waals surface area contributed by atoms with E-state index >= 15 is 0 Å². The number of aromatic amines is 1. The molecule has 8 nitrogen and oxygen atoms in total. The van der Waals surface area contributed by atoms with Crippen molar-refractivity contribution in [3.63, 3.8) is 0 Å². The van der Waals surface area contributed by atoms with Crippen molar-refractivity contribution in [2.24, 2.45) is 0 Å². The molecule has 5 aromatic rings. The van der Waals surface area contributed by atoms with Gasteiger partial charge in [0.25, 0.3) is 5.56 Å². The Morgan fingerprint density at radius 3 is 2.44 bits per heavy atom. The Morgan fingerprint density at radius 2 is 1.67 bits per heavy atom. The van der Waals surface area contributed by atoms with Gasteiger partial charge in [0.05, 0.1) is 22.3 Å². The second kappa shape index (κ2) is 9.83. The van der Waals surface area contributed by atoms with E-state index in [0.717, 1.165) is 16.8 Å². The molecule has 1 amide bonds. The van der Waals surface area contributed by atoms with Crippen LogP contribution in [-0.4, -0.2) is 25.2 Å². The van der Waals surface area contributed by atoms with Gasteiger partial charge in [-0.05, 0) is 48.5 Å². The molecule has 2 aromatic heterocycles. The van der Waals surface area contributed by atoms with Crippen LogP contribution in [0.5, 0.6) is 0 Å². The lowest BCUT2D eigenvalue weighted by Crippen LogP contribution is -2.32. The molecule has 0 aliphatic heterocycles. The predicted octanol–water partition coefficient (Wildman–Crippen LogP) is 3.39. The second-order valence-electron chi connectivity index (χ2n) is 8.24. The van der Waals surface area contributed by atoms with Crippen molar-refractivity contribution in [1.29, 1.82) is 0 Å². The molecule has 9 heteroatoms. The summed E-state index contributed by atoms with van der Waals surface area (Å²) in [6, 6.07) is 22.3. The first kappa shape index (κ1) is 23.0. The van der Waals surface area contributed by atoms with Crippen LogP contribution < -0.4 is 16.6 Å². The minimum atomic E-state index is -0.561. The van der Waals surface area contributed by atoms with Crippen molar-refractivity contribution in [1.82, 2.24) is 24.6 Å². The van der Waals surface area contributed by atoms with E-state index in [2.05, 4.69) is 15.4 Å². The van der Waals surface area contributed by atoms with Crippen LogP contribution in [0.3, 0.4) is 0 Å². The van der Waals surface area contributed by atoms with Crippen LogP contribution in [0.15, 0.2) is 94.6 Å². The lowest BCUT2D eigenvalue weighted by molar-refractivity contribution is -0.121. The number of nitrogens with zero attached hydrogens (tertiary/aromatic N) is 3. The molecule has 0 spiro atoms. The molecule has 0 aliphatic rings. The smallest absolute Gasteiger partial charge is 0.328 e. The monoisotopic (exact) mass is 483 g/mol. The highest BCUT2D eigenvalue weighted by Gasteiger charge is 2.14. The molecule has 0 atom stereocenters. The van der Waals surface area contributed by atoms with Crippen molar-refractivity contribution in [2.45, 2.75) is 19.5 Å². The number of halogens is 1. The largest absolute Gasteiger partial charge is 0.352 e. The number of carbonyl (C=O) groups excluding carboxylic acids is 1. The summed E-state index contributed by atoms with van der Waals surface area (Å²) in [4.78, 5) is 39.4. The van der Waals surface area contributed by atoms with Gasteiger partial charge >= 0.3 is 5.69 Å². The summed E-state index contributed by atoms with van der Waals surface area (Å²) < 4.78 is 16.6. The lowest BCUT2D eigenvalue weighted by atomic mass is 10.1. The number of H-pyrrole nitrogens is 1. The van der Waals surface area contributed by atoms with Gasteiger partial charge in [-0.2, -0.15) is 5.10 Å². The van der Waals surface area contributed by atoms with Gasteiger partial charge in [-0.1, -0.05) is 30.3 Å². The Bertz CT molecular complexity index is 1650. The topological polar surface area (TPSA) is 102 Å². The summed E-state index contributed by atoms with van der Waals surface area (Å²) in [6.45, 7) is 0.301. The number of fused-ring (bicyclic) bond motifs is 1. The van der Waals surface area contributed by atoms with E-state index < -0.39 is 11.2 Å². The fourth-order valence-electron chi connectivity index (χ4n) is 4.06. The van der Waals surface area contributed by atoms with E-state index in [0.29, 0.717) is 16.6 Å². The maximum absolute atomic E-state index is 13.5. The molecule has 0 unspecified atom stereocenters. The second-order valence-corrected chi connectivity index (χ2v) is 8.24. The van der Waals surface area contributed by atoms with Crippen molar-refractivity contribution in [3.8, 4) is 16.9 Å². The third kappa shape index (κ3) is 4.72. The van der Waals surface area contributed by atoms with Gasteiger partial charge in [0.2, 0.25) is 5.91 Å². The van der Waals surface area contributed by atoms with Crippen LogP contribution in [-0.2, 0) is 17.9 Å². The summed E-state index contributed by atoms with van der Waals surface area (Å²) in [5.74, 6) is -0.615. The number of rotatable bonds is 7. The van der Waals surface area contributed by atoms with Gasteiger partial charge < -0.3 is 5.32 Å². The standard InChI is InChI=1S/C27H22FN5O3/c28-20-12-10-18(11-13-20)25-19(17-33(31-25)21-6-2-1-3-7-21)16-29-24(34)14-15-32-23-9-5-4-8-22(23)26(35)30-27(32)36/h1-13,17H,14-16H2,(H,29,34)(H,30,35,36). The van der Waals surface area contributed by atoms with E-state index in [1.807, 2.05) is 36.5 Å². The molecule has 0 bridgehead atoms.